The second-order valence-electron chi connectivity index (χ2n) is 10.6. The molecule has 0 radical (unpaired) electrons. The molecule has 0 aromatic heterocycles. The lowest BCUT2D eigenvalue weighted by Crippen LogP contribution is -2.33. The molecule has 3 aromatic carbocycles. The number of ether oxygens (including phenoxy) is 2. The number of fused-ring (bicyclic) bond motifs is 1. The summed E-state index contributed by atoms with van der Waals surface area (Å²) in [5.74, 6) is 1.73. The molecule has 2 nitrogen and oxygen atoms in total. The number of benzene rings is 3. The Hall–Kier alpha value is -3.00. The first-order valence-electron chi connectivity index (χ1n) is 11.9. The Bertz CT molecular complexity index is 1130. The standard InChI is InChI=1S/C31H36O2/c1-22(25-11-16-28-29(20-25)31(4,5)18-17-30(28,2)3)19-23-7-14-27(15-8-23)33-21-24-9-12-26(32-6)13-10-24/h7-16,19-20H,17-18,21H2,1-6H3. The first-order valence-corrected chi connectivity index (χ1v) is 11.9. The van der Waals surface area contributed by atoms with Crippen LogP contribution in [0.4, 0.5) is 0 Å². The highest BCUT2D eigenvalue weighted by Gasteiger charge is 2.36. The largest absolute Gasteiger partial charge is 0.497 e. The average Bonchev–Trinajstić information content (AvgIpc) is 2.82. The van der Waals surface area contributed by atoms with Gasteiger partial charge in [-0.25, -0.2) is 0 Å². The van der Waals surface area contributed by atoms with Crippen molar-refractivity contribution in [1.29, 1.82) is 0 Å². The second kappa shape index (κ2) is 9.09. The van der Waals surface area contributed by atoms with Gasteiger partial charge in [-0.1, -0.05) is 76.2 Å². The molecule has 0 bridgehead atoms. The first-order chi connectivity index (χ1) is 15.7. The van der Waals surface area contributed by atoms with Gasteiger partial charge < -0.3 is 9.47 Å². The Morgan fingerprint density at radius 2 is 1.39 bits per heavy atom. The molecule has 0 amide bonds. The van der Waals surface area contributed by atoms with Gasteiger partial charge in [0.15, 0.2) is 0 Å². The fourth-order valence-corrected chi connectivity index (χ4v) is 4.72. The van der Waals surface area contributed by atoms with Crippen LogP contribution < -0.4 is 9.47 Å². The third kappa shape index (κ3) is 5.16. The van der Waals surface area contributed by atoms with Gasteiger partial charge in [0.2, 0.25) is 0 Å². The van der Waals surface area contributed by atoms with Gasteiger partial charge in [-0.3, -0.25) is 0 Å². The lowest BCUT2D eigenvalue weighted by atomic mass is 9.63. The zero-order chi connectivity index (χ0) is 23.6. The SMILES string of the molecule is COc1ccc(COc2ccc(C=C(C)c3ccc4c(c3)C(C)(C)CCC4(C)C)cc2)cc1. The van der Waals surface area contributed by atoms with Crippen molar-refractivity contribution in [3.8, 4) is 11.5 Å². The van der Waals surface area contributed by atoms with E-state index < -0.39 is 0 Å². The Kier molecular flexibility index (Phi) is 6.38. The monoisotopic (exact) mass is 440 g/mol. The summed E-state index contributed by atoms with van der Waals surface area (Å²) in [6.07, 6.45) is 4.74. The third-order valence-electron chi connectivity index (χ3n) is 7.14. The van der Waals surface area contributed by atoms with E-state index in [1.54, 1.807) is 7.11 Å². The van der Waals surface area contributed by atoms with Gasteiger partial charge in [-0.2, -0.15) is 0 Å². The molecule has 0 saturated carbocycles. The summed E-state index contributed by atoms with van der Waals surface area (Å²) in [7, 11) is 1.68. The van der Waals surface area contributed by atoms with Crippen molar-refractivity contribution in [2.24, 2.45) is 0 Å². The van der Waals surface area contributed by atoms with E-state index in [1.807, 2.05) is 36.4 Å². The maximum Gasteiger partial charge on any atom is 0.119 e. The highest BCUT2D eigenvalue weighted by Crippen LogP contribution is 2.46. The van der Waals surface area contributed by atoms with Gasteiger partial charge in [0.05, 0.1) is 7.11 Å². The summed E-state index contributed by atoms with van der Waals surface area (Å²) in [6.45, 7) is 12.3. The van der Waals surface area contributed by atoms with E-state index in [0.717, 1.165) is 17.1 Å². The fourth-order valence-electron chi connectivity index (χ4n) is 4.72. The second-order valence-corrected chi connectivity index (χ2v) is 10.6. The van der Waals surface area contributed by atoms with Crippen LogP contribution in [0.3, 0.4) is 0 Å². The van der Waals surface area contributed by atoms with Crippen LogP contribution in [-0.2, 0) is 17.4 Å². The normalized spacial score (nSPS) is 16.7. The Balaban J connectivity index is 1.48. The van der Waals surface area contributed by atoms with E-state index >= 15 is 0 Å². The van der Waals surface area contributed by atoms with Crippen LogP contribution >= 0.6 is 0 Å². The molecular formula is C31H36O2. The minimum absolute atomic E-state index is 0.226. The summed E-state index contributed by atoms with van der Waals surface area (Å²) in [5, 5.41) is 0. The lowest BCUT2D eigenvalue weighted by Gasteiger charge is -2.42. The molecule has 0 unspecified atom stereocenters. The van der Waals surface area contributed by atoms with Crippen LogP contribution in [0.5, 0.6) is 11.5 Å². The van der Waals surface area contributed by atoms with Gasteiger partial charge in [-0.05, 0) is 88.3 Å². The van der Waals surface area contributed by atoms with E-state index in [-0.39, 0.29) is 10.8 Å². The molecule has 0 N–H and O–H groups in total. The summed E-state index contributed by atoms with van der Waals surface area (Å²) < 4.78 is 11.2. The van der Waals surface area contributed by atoms with Crippen molar-refractivity contribution in [2.45, 2.75) is 64.9 Å². The van der Waals surface area contributed by atoms with E-state index in [4.69, 9.17) is 9.47 Å². The third-order valence-corrected chi connectivity index (χ3v) is 7.14. The van der Waals surface area contributed by atoms with Crippen molar-refractivity contribution >= 4 is 11.6 Å². The van der Waals surface area contributed by atoms with E-state index in [9.17, 15) is 0 Å². The number of hydrogen-bond donors (Lipinski definition) is 0. The molecule has 4 rings (SSSR count). The number of methoxy groups -OCH3 is 1. The number of hydrogen-bond acceptors (Lipinski definition) is 2. The van der Waals surface area contributed by atoms with E-state index in [0.29, 0.717) is 6.61 Å². The number of allylic oxidation sites excluding steroid dienone is 1. The zero-order valence-corrected chi connectivity index (χ0v) is 20.9. The summed E-state index contributed by atoms with van der Waals surface area (Å²) in [4.78, 5) is 0. The average molecular weight is 441 g/mol. The summed E-state index contributed by atoms with van der Waals surface area (Å²) in [6, 6.07) is 23.4. The first kappa shape index (κ1) is 23.2. The molecule has 3 aromatic rings. The van der Waals surface area contributed by atoms with Gasteiger partial charge in [0.1, 0.15) is 18.1 Å². The Labute approximate surface area is 199 Å². The van der Waals surface area contributed by atoms with Crippen molar-refractivity contribution in [3.63, 3.8) is 0 Å². The van der Waals surface area contributed by atoms with Crippen LogP contribution in [-0.4, -0.2) is 7.11 Å². The number of rotatable bonds is 6. The smallest absolute Gasteiger partial charge is 0.119 e. The summed E-state index contributed by atoms with van der Waals surface area (Å²) in [5.41, 5.74) is 8.38. The van der Waals surface area contributed by atoms with Crippen molar-refractivity contribution < 1.29 is 9.47 Å². The lowest BCUT2D eigenvalue weighted by molar-refractivity contribution is 0.306. The molecule has 2 heteroatoms. The fraction of sp³-hybridized carbons (Fsp3) is 0.355. The predicted molar refractivity (Wildman–Crippen MR) is 139 cm³/mol. The minimum atomic E-state index is 0.226. The van der Waals surface area contributed by atoms with Gasteiger partial charge in [0.25, 0.3) is 0 Å². The van der Waals surface area contributed by atoms with Crippen LogP contribution in [0.15, 0.2) is 66.7 Å². The molecule has 172 valence electrons. The zero-order valence-electron chi connectivity index (χ0n) is 20.9. The molecule has 33 heavy (non-hydrogen) atoms. The predicted octanol–water partition coefficient (Wildman–Crippen LogP) is 8.18. The molecule has 0 heterocycles. The topological polar surface area (TPSA) is 18.5 Å². The molecular weight excluding hydrogens is 404 g/mol. The molecule has 0 saturated heterocycles. The van der Waals surface area contributed by atoms with Crippen molar-refractivity contribution in [1.82, 2.24) is 0 Å². The molecule has 0 fully saturated rings. The van der Waals surface area contributed by atoms with Gasteiger partial charge >= 0.3 is 0 Å². The Morgan fingerprint density at radius 1 is 0.788 bits per heavy atom. The highest BCUT2D eigenvalue weighted by molar-refractivity contribution is 5.80. The minimum Gasteiger partial charge on any atom is -0.497 e. The van der Waals surface area contributed by atoms with E-state index in [2.05, 4.69) is 71.0 Å². The van der Waals surface area contributed by atoms with Crippen LogP contribution in [0.25, 0.3) is 11.6 Å². The maximum absolute atomic E-state index is 5.95. The van der Waals surface area contributed by atoms with E-state index in [1.165, 1.54) is 40.7 Å². The highest BCUT2D eigenvalue weighted by atomic mass is 16.5. The maximum atomic E-state index is 5.95. The molecule has 0 atom stereocenters. The van der Waals surface area contributed by atoms with Crippen LogP contribution in [0.1, 0.15) is 75.3 Å². The molecule has 0 aliphatic heterocycles. The Morgan fingerprint density at radius 3 is 2.03 bits per heavy atom. The van der Waals surface area contributed by atoms with Gasteiger partial charge in [0, 0.05) is 0 Å². The summed E-state index contributed by atoms with van der Waals surface area (Å²) >= 11 is 0. The van der Waals surface area contributed by atoms with Crippen molar-refractivity contribution in [3.05, 3.63) is 94.5 Å². The van der Waals surface area contributed by atoms with Crippen LogP contribution in [0, 0.1) is 0 Å². The van der Waals surface area contributed by atoms with Gasteiger partial charge in [-0.15, -0.1) is 0 Å². The quantitative estimate of drug-likeness (QED) is 0.360. The molecule has 0 spiro atoms. The van der Waals surface area contributed by atoms with Crippen molar-refractivity contribution in [2.75, 3.05) is 7.11 Å². The molecule has 1 aliphatic carbocycles. The molecule has 1 aliphatic rings. The van der Waals surface area contributed by atoms with Crippen LogP contribution in [0.2, 0.25) is 0 Å².